The van der Waals surface area contributed by atoms with Crippen molar-refractivity contribution in [3.63, 3.8) is 0 Å². The minimum atomic E-state index is 0.365. The van der Waals surface area contributed by atoms with Gasteiger partial charge in [-0.2, -0.15) is 0 Å². The summed E-state index contributed by atoms with van der Waals surface area (Å²) in [5, 5.41) is 3.43. The molecule has 0 amide bonds. The summed E-state index contributed by atoms with van der Waals surface area (Å²) in [7, 11) is 3.71. The third kappa shape index (κ3) is 3.98. The van der Waals surface area contributed by atoms with Crippen molar-refractivity contribution >= 4 is 0 Å². The van der Waals surface area contributed by atoms with E-state index in [4.69, 9.17) is 4.74 Å². The van der Waals surface area contributed by atoms with Gasteiger partial charge in [-0.3, -0.25) is 4.98 Å². The Hall–Kier alpha value is -1.09. The number of nitrogens with zero attached hydrogens (tertiary/aromatic N) is 1. The Morgan fingerprint density at radius 1 is 1.33 bits per heavy atom. The van der Waals surface area contributed by atoms with Crippen molar-refractivity contribution in [3.05, 3.63) is 24.0 Å². The summed E-state index contributed by atoms with van der Waals surface area (Å²) in [5.74, 6) is 1.49. The van der Waals surface area contributed by atoms with Crippen molar-refractivity contribution < 1.29 is 4.74 Å². The maximum Gasteiger partial charge on any atom is 0.137 e. The molecule has 0 radical (unpaired) electrons. The molecule has 1 aromatic rings. The van der Waals surface area contributed by atoms with E-state index in [0.717, 1.165) is 5.75 Å². The molecule has 1 heterocycles. The molecule has 1 rings (SSSR count). The number of hydrogen-bond acceptors (Lipinski definition) is 3. The van der Waals surface area contributed by atoms with Crippen molar-refractivity contribution in [1.29, 1.82) is 0 Å². The van der Waals surface area contributed by atoms with Gasteiger partial charge in [-0.15, -0.1) is 0 Å². The minimum absolute atomic E-state index is 0.365. The fourth-order valence-electron chi connectivity index (χ4n) is 2.46. The highest BCUT2D eigenvalue weighted by atomic mass is 16.5. The molecule has 1 N–H and O–H groups in total. The average Bonchev–Trinajstić information content (AvgIpc) is 2.43. The molecule has 0 spiro atoms. The van der Waals surface area contributed by atoms with E-state index in [9.17, 15) is 0 Å². The lowest BCUT2D eigenvalue weighted by molar-refractivity contribution is 0.336. The SMILES string of the molecule is CCCCC(CC)C(NC)c1cncc(OC)c1. The summed E-state index contributed by atoms with van der Waals surface area (Å²) >= 11 is 0. The van der Waals surface area contributed by atoms with Crippen molar-refractivity contribution in [2.75, 3.05) is 14.2 Å². The van der Waals surface area contributed by atoms with Gasteiger partial charge in [0.15, 0.2) is 0 Å². The van der Waals surface area contributed by atoms with Crippen molar-refractivity contribution in [2.45, 2.75) is 45.6 Å². The molecule has 2 atom stereocenters. The van der Waals surface area contributed by atoms with E-state index in [2.05, 4.69) is 30.2 Å². The first-order chi connectivity index (χ1) is 8.76. The van der Waals surface area contributed by atoms with Gasteiger partial charge < -0.3 is 10.1 Å². The average molecular weight is 250 g/mol. The molecule has 18 heavy (non-hydrogen) atoms. The molecule has 3 nitrogen and oxygen atoms in total. The second-order valence-corrected chi connectivity index (χ2v) is 4.74. The Morgan fingerprint density at radius 2 is 2.11 bits per heavy atom. The maximum atomic E-state index is 5.25. The van der Waals surface area contributed by atoms with Gasteiger partial charge in [0.05, 0.1) is 13.3 Å². The summed E-state index contributed by atoms with van der Waals surface area (Å²) in [6.07, 6.45) is 8.68. The second-order valence-electron chi connectivity index (χ2n) is 4.74. The Kier molecular flexibility index (Phi) is 6.73. The van der Waals surface area contributed by atoms with E-state index < -0.39 is 0 Å². The van der Waals surface area contributed by atoms with E-state index in [1.807, 2.05) is 13.2 Å². The fourth-order valence-corrected chi connectivity index (χ4v) is 2.46. The number of unbranched alkanes of at least 4 members (excludes halogenated alkanes) is 1. The van der Waals surface area contributed by atoms with Crippen LogP contribution in [0.3, 0.4) is 0 Å². The lowest BCUT2D eigenvalue weighted by atomic mass is 9.87. The van der Waals surface area contributed by atoms with Crippen LogP contribution in [-0.2, 0) is 0 Å². The molecule has 3 heteroatoms. The standard InChI is InChI=1S/C15H26N2O/c1-5-7-8-12(6-2)15(16-3)13-9-14(18-4)11-17-10-13/h9-12,15-16H,5-8H2,1-4H3. The van der Waals surface area contributed by atoms with E-state index in [1.165, 1.54) is 31.2 Å². The number of ether oxygens (including phenoxy) is 1. The molecule has 0 bridgehead atoms. The van der Waals surface area contributed by atoms with Crippen LogP contribution < -0.4 is 10.1 Å². The van der Waals surface area contributed by atoms with Gasteiger partial charge in [-0.1, -0.05) is 33.1 Å². The number of aromatic nitrogens is 1. The normalized spacial score (nSPS) is 14.2. The number of nitrogens with one attached hydrogen (secondary N) is 1. The zero-order chi connectivity index (χ0) is 13.4. The number of methoxy groups -OCH3 is 1. The van der Waals surface area contributed by atoms with Crippen LogP contribution >= 0.6 is 0 Å². The summed E-state index contributed by atoms with van der Waals surface area (Å²) in [6, 6.07) is 2.45. The Bertz CT molecular complexity index is 341. The smallest absolute Gasteiger partial charge is 0.137 e. The monoisotopic (exact) mass is 250 g/mol. The first-order valence-electron chi connectivity index (χ1n) is 6.92. The molecule has 0 saturated heterocycles. The van der Waals surface area contributed by atoms with Crippen LogP contribution in [0.4, 0.5) is 0 Å². The molecular formula is C15H26N2O. The molecule has 0 fully saturated rings. The zero-order valence-electron chi connectivity index (χ0n) is 12.1. The Morgan fingerprint density at radius 3 is 2.67 bits per heavy atom. The van der Waals surface area contributed by atoms with Gasteiger partial charge in [0.1, 0.15) is 5.75 Å². The molecule has 102 valence electrons. The topological polar surface area (TPSA) is 34.2 Å². The molecule has 0 aliphatic heterocycles. The van der Waals surface area contributed by atoms with Crippen LogP contribution in [0.1, 0.15) is 51.1 Å². The summed E-state index contributed by atoms with van der Waals surface area (Å²) in [4.78, 5) is 4.26. The molecule has 1 aromatic heterocycles. The van der Waals surface area contributed by atoms with Gasteiger partial charge in [0, 0.05) is 12.2 Å². The highest BCUT2D eigenvalue weighted by molar-refractivity contribution is 5.26. The highest BCUT2D eigenvalue weighted by Crippen LogP contribution is 2.29. The first-order valence-corrected chi connectivity index (χ1v) is 6.92. The molecule has 0 saturated carbocycles. The van der Waals surface area contributed by atoms with E-state index >= 15 is 0 Å². The molecule has 0 aliphatic rings. The van der Waals surface area contributed by atoms with Crippen molar-refractivity contribution in [2.24, 2.45) is 5.92 Å². The molecule has 0 aromatic carbocycles. The molecule has 2 unspecified atom stereocenters. The maximum absolute atomic E-state index is 5.25. The quantitative estimate of drug-likeness (QED) is 0.766. The van der Waals surface area contributed by atoms with Crippen molar-refractivity contribution in [1.82, 2.24) is 10.3 Å². The highest BCUT2D eigenvalue weighted by Gasteiger charge is 2.20. The van der Waals surface area contributed by atoms with Gasteiger partial charge in [-0.25, -0.2) is 0 Å². The van der Waals surface area contributed by atoms with Crippen LogP contribution in [0.5, 0.6) is 5.75 Å². The van der Waals surface area contributed by atoms with Crippen molar-refractivity contribution in [3.8, 4) is 5.75 Å². The summed E-state index contributed by atoms with van der Waals surface area (Å²) in [5.41, 5.74) is 1.22. The summed E-state index contributed by atoms with van der Waals surface area (Å²) < 4.78 is 5.25. The fraction of sp³-hybridized carbons (Fsp3) is 0.667. The van der Waals surface area contributed by atoms with E-state index in [1.54, 1.807) is 13.3 Å². The van der Waals surface area contributed by atoms with Gasteiger partial charge >= 0.3 is 0 Å². The van der Waals surface area contributed by atoms with Crippen LogP contribution in [0, 0.1) is 5.92 Å². The van der Waals surface area contributed by atoms with Crippen LogP contribution in [0.2, 0.25) is 0 Å². The Labute approximate surface area is 111 Å². The first kappa shape index (κ1) is 15.0. The predicted octanol–water partition coefficient (Wildman–Crippen LogP) is 3.57. The van der Waals surface area contributed by atoms with Crippen LogP contribution in [-0.4, -0.2) is 19.1 Å². The minimum Gasteiger partial charge on any atom is -0.495 e. The lowest BCUT2D eigenvalue weighted by Gasteiger charge is -2.26. The third-order valence-corrected chi connectivity index (χ3v) is 3.56. The van der Waals surface area contributed by atoms with Crippen LogP contribution in [0.15, 0.2) is 18.5 Å². The number of hydrogen-bond donors (Lipinski definition) is 1. The lowest BCUT2D eigenvalue weighted by Crippen LogP contribution is -2.25. The number of rotatable bonds is 8. The van der Waals surface area contributed by atoms with Gasteiger partial charge in [0.2, 0.25) is 0 Å². The van der Waals surface area contributed by atoms with Crippen LogP contribution in [0.25, 0.3) is 0 Å². The predicted molar refractivity (Wildman–Crippen MR) is 75.9 cm³/mol. The molecule has 0 aliphatic carbocycles. The van der Waals surface area contributed by atoms with Gasteiger partial charge in [-0.05, 0) is 31.0 Å². The van der Waals surface area contributed by atoms with E-state index in [-0.39, 0.29) is 0 Å². The summed E-state index contributed by atoms with van der Waals surface area (Å²) in [6.45, 7) is 4.51. The molecular weight excluding hydrogens is 224 g/mol. The zero-order valence-corrected chi connectivity index (χ0v) is 12.1. The largest absolute Gasteiger partial charge is 0.495 e. The van der Waals surface area contributed by atoms with E-state index in [0.29, 0.717) is 12.0 Å². The van der Waals surface area contributed by atoms with Gasteiger partial charge in [0.25, 0.3) is 0 Å². The number of pyridine rings is 1. The second kappa shape index (κ2) is 8.09. The Balaban J connectivity index is 2.84. The third-order valence-electron chi connectivity index (χ3n) is 3.56.